The van der Waals surface area contributed by atoms with Crippen LogP contribution in [0.25, 0.3) is 0 Å². The van der Waals surface area contributed by atoms with Crippen LogP contribution < -0.4 is 5.32 Å². The number of rotatable bonds is 2. The number of anilines is 1. The van der Waals surface area contributed by atoms with Crippen molar-refractivity contribution >= 4 is 37.5 Å². The number of nitrogens with one attached hydrogen (secondary N) is 1. The Balaban J connectivity index is 2.12. The average Bonchev–Trinajstić information content (AvgIpc) is 2.28. The van der Waals surface area contributed by atoms with Gasteiger partial charge in [0.25, 0.3) is 0 Å². The Hall–Kier alpha value is -0.950. The standard InChI is InChI=1S/C11H13BrN2O3S/c12-9-5-3-6-10(13-9)14-11(15)8-4-1-2-7-18(8,16)17/h3,5-6,8H,1-2,4,7H2,(H,13,14,15). The normalized spacial score (nSPS) is 22.4. The second kappa shape index (κ2) is 5.36. The van der Waals surface area contributed by atoms with E-state index in [4.69, 9.17) is 0 Å². The van der Waals surface area contributed by atoms with Crippen LogP contribution >= 0.6 is 15.9 Å². The lowest BCUT2D eigenvalue weighted by Gasteiger charge is -2.21. The first-order valence-electron chi connectivity index (χ1n) is 5.64. The SMILES string of the molecule is O=C(Nc1cccc(Br)n1)C1CCCCS1(=O)=O. The lowest BCUT2D eigenvalue weighted by molar-refractivity contribution is -0.116. The van der Waals surface area contributed by atoms with Gasteiger partial charge >= 0.3 is 0 Å². The highest BCUT2D eigenvalue weighted by Gasteiger charge is 2.34. The molecule has 0 aliphatic carbocycles. The van der Waals surface area contributed by atoms with Crippen molar-refractivity contribution in [3.8, 4) is 0 Å². The van der Waals surface area contributed by atoms with Crippen molar-refractivity contribution in [3.05, 3.63) is 22.8 Å². The van der Waals surface area contributed by atoms with E-state index >= 15 is 0 Å². The fourth-order valence-electron chi connectivity index (χ4n) is 1.93. The molecule has 0 bridgehead atoms. The molecule has 1 aromatic heterocycles. The van der Waals surface area contributed by atoms with E-state index in [1.165, 1.54) is 0 Å². The van der Waals surface area contributed by atoms with Crippen LogP contribution in [0.4, 0.5) is 5.82 Å². The van der Waals surface area contributed by atoms with Gasteiger partial charge in [-0.1, -0.05) is 12.5 Å². The van der Waals surface area contributed by atoms with E-state index in [1.807, 2.05) is 0 Å². The molecule has 0 spiro atoms. The van der Waals surface area contributed by atoms with Gasteiger partial charge in [-0.2, -0.15) is 0 Å². The maximum absolute atomic E-state index is 11.9. The zero-order chi connectivity index (χ0) is 13.2. The first kappa shape index (κ1) is 13.5. The molecule has 1 aliphatic heterocycles. The van der Waals surface area contributed by atoms with E-state index in [0.29, 0.717) is 23.3 Å². The Morgan fingerprint density at radius 1 is 1.39 bits per heavy atom. The van der Waals surface area contributed by atoms with Gasteiger partial charge in [-0.05, 0) is 40.9 Å². The summed E-state index contributed by atoms with van der Waals surface area (Å²) in [4.78, 5) is 16.0. The van der Waals surface area contributed by atoms with E-state index in [-0.39, 0.29) is 5.75 Å². The average molecular weight is 333 g/mol. The van der Waals surface area contributed by atoms with Crippen LogP contribution in [-0.2, 0) is 14.6 Å². The van der Waals surface area contributed by atoms with Crippen molar-refractivity contribution in [2.45, 2.75) is 24.5 Å². The third-order valence-corrected chi connectivity index (χ3v) is 5.45. The van der Waals surface area contributed by atoms with Crippen molar-refractivity contribution < 1.29 is 13.2 Å². The van der Waals surface area contributed by atoms with Crippen molar-refractivity contribution in [2.75, 3.05) is 11.1 Å². The molecule has 1 saturated heterocycles. The number of hydrogen-bond donors (Lipinski definition) is 1. The van der Waals surface area contributed by atoms with Gasteiger partial charge < -0.3 is 5.32 Å². The molecule has 5 nitrogen and oxygen atoms in total. The molecule has 1 atom stereocenters. The lowest BCUT2D eigenvalue weighted by atomic mass is 10.2. The molecule has 2 rings (SSSR count). The highest BCUT2D eigenvalue weighted by molar-refractivity contribution is 9.10. The molecule has 1 unspecified atom stereocenters. The minimum absolute atomic E-state index is 0.0942. The van der Waals surface area contributed by atoms with Gasteiger partial charge in [0.2, 0.25) is 5.91 Å². The summed E-state index contributed by atoms with van der Waals surface area (Å²) in [5, 5.41) is 1.61. The number of amides is 1. The maximum atomic E-state index is 11.9. The van der Waals surface area contributed by atoms with Crippen LogP contribution in [0.3, 0.4) is 0 Å². The summed E-state index contributed by atoms with van der Waals surface area (Å²) in [5.74, 6) is -0.0350. The van der Waals surface area contributed by atoms with Crippen molar-refractivity contribution in [1.82, 2.24) is 4.98 Å². The quantitative estimate of drug-likeness (QED) is 0.837. The Morgan fingerprint density at radius 2 is 2.17 bits per heavy atom. The second-order valence-electron chi connectivity index (χ2n) is 4.19. The number of pyridine rings is 1. The summed E-state index contributed by atoms with van der Waals surface area (Å²) in [5.41, 5.74) is 0. The third-order valence-electron chi connectivity index (χ3n) is 2.84. The van der Waals surface area contributed by atoms with E-state index in [1.54, 1.807) is 18.2 Å². The monoisotopic (exact) mass is 332 g/mol. The lowest BCUT2D eigenvalue weighted by Crippen LogP contribution is -2.39. The number of carbonyl (C=O) groups excluding carboxylic acids is 1. The summed E-state index contributed by atoms with van der Waals surface area (Å²) in [6.45, 7) is 0. The number of sulfone groups is 1. The molecule has 0 aromatic carbocycles. The van der Waals surface area contributed by atoms with Crippen LogP contribution in [0.1, 0.15) is 19.3 Å². The van der Waals surface area contributed by atoms with Crippen molar-refractivity contribution in [2.24, 2.45) is 0 Å². The molecule has 2 heterocycles. The Labute approximate surface area is 114 Å². The molecule has 1 aliphatic rings. The van der Waals surface area contributed by atoms with Gasteiger partial charge in [-0.15, -0.1) is 0 Å². The third kappa shape index (κ3) is 3.08. The molecule has 1 amide bonds. The number of carbonyl (C=O) groups is 1. The van der Waals surface area contributed by atoms with Crippen LogP contribution in [0.2, 0.25) is 0 Å². The predicted molar refractivity (Wildman–Crippen MR) is 72.0 cm³/mol. The summed E-state index contributed by atoms with van der Waals surface area (Å²) in [6, 6.07) is 5.08. The number of nitrogens with zero attached hydrogens (tertiary/aromatic N) is 1. The topological polar surface area (TPSA) is 76.1 Å². The highest BCUT2D eigenvalue weighted by Crippen LogP contribution is 2.21. The fraction of sp³-hybridized carbons (Fsp3) is 0.455. The van der Waals surface area contributed by atoms with Gasteiger partial charge in [-0.25, -0.2) is 13.4 Å². The minimum Gasteiger partial charge on any atom is -0.310 e. The van der Waals surface area contributed by atoms with Crippen LogP contribution in [0.15, 0.2) is 22.8 Å². The second-order valence-corrected chi connectivity index (χ2v) is 7.30. The number of hydrogen-bond acceptors (Lipinski definition) is 4. The largest absolute Gasteiger partial charge is 0.310 e. The maximum Gasteiger partial charge on any atom is 0.243 e. The van der Waals surface area contributed by atoms with E-state index in [0.717, 1.165) is 6.42 Å². The Kier molecular flexibility index (Phi) is 4.01. The van der Waals surface area contributed by atoms with Gasteiger partial charge in [-0.3, -0.25) is 4.79 Å². The fourth-order valence-corrected chi connectivity index (χ4v) is 4.08. The zero-order valence-corrected chi connectivity index (χ0v) is 12.0. The summed E-state index contributed by atoms with van der Waals surface area (Å²) < 4.78 is 24.2. The molecular weight excluding hydrogens is 320 g/mol. The smallest absolute Gasteiger partial charge is 0.243 e. The number of halogens is 1. The Morgan fingerprint density at radius 3 is 2.83 bits per heavy atom. The zero-order valence-electron chi connectivity index (χ0n) is 9.60. The summed E-state index contributed by atoms with van der Waals surface area (Å²) in [6.07, 6.45) is 1.80. The van der Waals surface area contributed by atoms with Crippen LogP contribution in [0, 0.1) is 0 Å². The van der Waals surface area contributed by atoms with Gasteiger partial charge in [0.1, 0.15) is 15.7 Å². The molecule has 1 fully saturated rings. The minimum atomic E-state index is -3.30. The van der Waals surface area contributed by atoms with Crippen LogP contribution in [-0.4, -0.2) is 30.3 Å². The van der Waals surface area contributed by atoms with Crippen molar-refractivity contribution in [3.63, 3.8) is 0 Å². The van der Waals surface area contributed by atoms with Crippen molar-refractivity contribution in [1.29, 1.82) is 0 Å². The van der Waals surface area contributed by atoms with E-state index in [2.05, 4.69) is 26.2 Å². The summed E-state index contributed by atoms with van der Waals surface area (Å²) >= 11 is 3.19. The molecule has 7 heteroatoms. The van der Waals surface area contributed by atoms with E-state index in [9.17, 15) is 13.2 Å². The highest BCUT2D eigenvalue weighted by atomic mass is 79.9. The molecule has 1 aromatic rings. The number of aromatic nitrogens is 1. The molecule has 1 N–H and O–H groups in total. The van der Waals surface area contributed by atoms with Gasteiger partial charge in [0.15, 0.2) is 9.84 Å². The molecule has 18 heavy (non-hydrogen) atoms. The first-order chi connectivity index (χ1) is 8.49. The Bertz CT molecular complexity index is 559. The molecule has 98 valence electrons. The summed E-state index contributed by atoms with van der Waals surface area (Å²) in [7, 11) is -3.30. The van der Waals surface area contributed by atoms with Gasteiger partial charge in [0, 0.05) is 0 Å². The predicted octanol–water partition coefficient (Wildman–Crippen LogP) is 1.75. The molecular formula is C11H13BrN2O3S. The van der Waals surface area contributed by atoms with Gasteiger partial charge in [0.05, 0.1) is 5.75 Å². The first-order valence-corrected chi connectivity index (χ1v) is 8.15. The molecule has 0 saturated carbocycles. The van der Waals surface area contributed by atoms with Crippen LogP contribution in [0.5, 0.6) is 0 Å². The molecule has 0 radical (unpaired) electrons. The van der Waals surface area contributed by atoms with E-state index < -0.39 is 21.0 Å².